The number of alkyl halides is 3. The average molecular weight is 243 g/mol. The quantitative estimate of drug-likeness (QED) is 0.858. The molecule has 0 radical (unpaired) electrons. The third-order valence-electron chi connectivity index (χ3n) is 2.13. The molecule has 5 nitrogen and oxygen atoms in total. The zero-order valence-electron chi connectivity index (χ0n) is 8.52. The molecule has 2 aromatic rings. The summed E-state index contributed by atoms with van der Waals surface area (Å²) in [7, 11) is 0. The molecule has 0 aliphatic rings. The molecule has 1 aromatic heterocycles. The highest BCUT2D eigenvalue weighted by atomic mass is 19.4. The highest BCUT2D eigenvalue weighted by Crippen LogP contribution is 2.30. The second kappa shape index (κ2) is 4.13. The molecule has 0 fully saturated rings. The number of hydrogen-bond acceptors (Lipinski definition) is 4. The summed E-state index contributed by atoms with van der Waals surface area (Å²) in [5.41, 5.74) is 4.84. The zero-order chi connectivity index (χ0) is 12.5. The van der Waals surface area contributed by atoms with E-state index in [1.54, 1.807) is 0 Å². The predicted octanol–water partition coefficient (Wildman–Crippen LogP) is 1.14. The van der Waals surface area contributed by atoms with Gasteiger partial charge in [-0.1, -0.05) is 6.07 Å². The summed E-state index contributed by atoms with van der Waals surface area (Å²) in [6.07, 6.45) is -4.40. The van der Waals surface area contributed by atoms with Crippen LogP contribution in [0.3, 0.4) is 0 Å². The molecule has 0 saturated carbocycles. The first-order valence-electron chi connectivity index (χ1n) is 4.67. The van der Waals surface area contributed by atoms with E-state index in [1.807, 2.05) is 0 Å². The lowest BCUT2D eigenvalue weighted by Crippen LogP contribution is -2.10. The van der Waals surface area contributed by atoms with E-state index in [4.69, 9.17) is 5.73 Å². The molecule has 8 heteroatoms. The van der Waals surface area contributed by atoms with Gasteiger partial charge in [0.1, 0.15) is 0 Å². The molecule has 1 heterocycles. The highest BCUT2D eigenvalue weighted by molar-refractivity contribution is 5.36. The van der Waals surface area contributed by atoms with Crippen molar-refractivity contribution < 1.29 is 13.2 Å². The SMILES string of the molecule is NCc1nnnn1-c1cccc(C(F)(F)F)c1. The van der Waals surface area contributed by atoms with Gasteiger partial charge in [0.2, 0.25) is 0 Å². The third-order valence-corrected chi connectivity index (χ3v) is 2.13. The number of hydrogen-bond donors (Lipinski definition) is 1. The minimum Gasteiger partial charge on any atom is -0.324 e. The first-order valence-corrected chi connectivity index (χ1v) is 4.67. The van der Waals surface area contributed by atoms with Crippen LogP contribution in [-0.2, 0) is 12.7 Å². The monoisotopic (exact) mass is 243 g/mol. The average Bonchev–Trinajstić information content (AvgIpc) is 2.76. The molecule has 1 aromatic carbocycles. The second-order valence-electron chi connectivity index (χ2n) is 3.26. The summed E-state index contributed by atoms with van der Waals surface area (Å²) in [6.45, 7) is 0.0449. The van der Waals surface area contributed by atoms with Crippen LogP contribution < -0.4 is 5.73 Å². The lowest BCUT2D eigenvalue weighted by Gasteiger charge is -2.08. The fourth-order valence-corrected chi connectivity index (χ4v) is 1.35. The van der Waals surface area contributed by atoms with Crippen molar-refractivity contribution in [2.24, 2.45) is 5.73 Å². The van der Waals surface area contributed by atoms with Gasteiger partial charge in [0.25, 0.3) is 0 Å². The number of benzene rings is 1. The van der Waals surface area contributed by atoms with Crippen LogP contribution in [0.1, 0.15) is 11.4 Å². The molecular weight excluding hydrogens is 235 g/mol. The molecular formula is C9H8F3N5. The molecule has 0 aliphatic heterocycles. The largest absolute Gasteiger partial charge is 0.416 e. The second-order valence-corrected chi connectivity index (χ2v) is 3.26. The van der Waals surface area contributed by atoms with Crippen molar-refractivity contribution in [3.8, 4) is 5.69 Å². The number of nitrogens with zero attached hydrogens (tertiary/aromatic N) is 4. The number of aromatic nitrogens is 4. The Bertz CT molecular complexity index is 519. The van der Waals surface area contributed by atoms with Gasteiger partial charge in [0.15, 0.2) is 5.82 Å². The molecule has 0 unspecified atom stereocenters. The van der Waals surface area contributed by atoms with Crippen LogP contribution in [0.2, 0.25) is 0 Å². The Labute approximate surface area is 94.0 Å². The molecule has 0 spiro atoms. The molecule has 0 saturated heterocycles. The fraction of sp³-hybridized carbons (Fsp3) is 0.222. The van der Waals surface area contributed by atoms with Crippen molar-refractivity contribution in [2.45, 2.75) is 12.7 Å². The Balaban J connectivity index is 2.47. The minimum atomic E-state index is -4.40. The molecule has 0 aliphatic carbocycles. The van der Waals surface area contributed by atoms with Gasteiger partial charge < -0.3 is 5.73 Å². The van der Waals surface area contributed by atoms with Gasteiger partial charge in [-0.05, 0) is 28.6 Å². The van der Waals surface area contributed by atoms with E-state index in [1.165, 1.54) is 16.8 Å². The molecule has 0 bridgehead atoms. The topological polar surface area (TPSA) is 69.6 Å². The first-order chi connectivity index (χ1) is 8.02. The van der Waals surface area contributed by atoms with Crippen LogP contribution in [0.5, 0.6) is 0 Å². The van der Waals surface area contributed by atoms with E-state index < -0.39 is 11.7 Å². The Morgan fingerprint density at radius 1 is 1.29 bits per heavy atom. The molecule has 0 amide bonds. The predicted molar refractivity (Wildman–Crippen MR) is 52.0 cm³/mol. The summed E-state index contributed by atoms with van der Waals surface area (Å²) >= 11 is 0. The maximum absolute atomic E-state index is 12.5. The van der Waals surface area contributed by atoms with Gasteiger partial charge >= 0.3 is 6.18 Å². The highest BCUT2D eigenvalue weighted by Gasteiger charge is 2.30. The van der Waals surface area contributed by atoms with Crippen molar-refractivity contribution in [1.82, 2.24) is 20.2 Å². The van der Waals surface area contributed by atoms with Gasteiger partial charge in [-0.15, -0.1) is 5.10 Å². The van der Waals surface area contributed by atoms with Gasteiger partial charge in [-0.2, -0.15) is 17.9 Å². The third kappa shape index (κ3) is 2.26. The van der Waals surface area contributed by atoms with Crippen molar-refractivity contribution in [3.05, 3.63) is 35.7 Å². The molecule has 2 rings (SSSR count). The maximum atomic E-state index is 12.5. The van der Waals surface area contributed by atoms with Gasteiger partial charge in [-0.3, -0.25) is 0 Å². The summed E-state index contributed by atoms with van der Waals surface area (Å²) in [6, 6.07) is 4.72. The van der Waals surface area contributed by atoms with E-state index in [0.29, 0.717) is 5.82 Å². The minimum absolute atomic E-state index is 0.0449. The lowest BCUT2D eigenvalue weighted by molar-refractivity contribution is -0.137. The molecule has 2 N–H and O–H groups in total. The van der Waals surface area contributed by atoms with Crippen LogP contribution in [-0.4, -0.2) is 20.2 Å². The Morgan fingerprint density at radius 3 is 2.71 bits per heavy atom. The smallest absolute Gasteiger partial charge is 0.324 e. The summed E-state index contributed by atoms with van der Waals surface area (Å²) < 4.78 is 38.7. The van der Waals surface area contributed by atoms with Crippen LogP contribution in [0.25, 0.3) is 5.69 Å². The van der Waals surface area contributed by atoms with E-state index >= 15 is 0 Å². The number of rotatable bonds is 2. The summed E-state index contributed by atoms with van der Waals surface area (Å²) in [5.74, 6) is 0.296. The normalized spacial score (nSPS) is 11.8. The van der Waals surface area contributed by atoms with Crippen molar-refractivity contribution in [2.75, 3.05) is 0 Å². The molecule has 17 heavy (non-hydrogen) atoms. The standard InChI is InChI=1S/C9H8F3N5/c10-9(11,12)6-2-1-3-7(4-6)17-8(5-13)14-15-16-17/h1-4H,5,13H2. The van der Waals surface area contributed by atoms with Crippen LogP contribution in [0, 0.1) is 0 Å². The van der Waals surface area contributed by atoms with E-state index in [0.717, 1.165) is 12.1 Å². The Hall–Kier alpha value is -1.96. The van der Waals surface area contributed by atoms with Gasteiger partial charge in [-0.25, -0.2) is 0 Å². The van der Waals surface area contributed by atoms with Crippen LogP contribution >= 0.6 is 0 Å². The summed E-state index contributed by atoms with van der Waals surface area (Å²) in [5, 5.41) is 10.6. The lowest BCUT2D eigenvalue weighted by atomic mass is 10.2. The fourth-order valence-electron chi connectivity index (χ4n) is 1.35. The number of tetrazole rings is 1. The zero-order valence-corrected chi connectivity index (χ0v) is 8.52. The molecule has 90 valence electrons. The maximum Gasteiger partial charge on any atom is 0.416 e. The van der Waals surface area contributed by atoms with E-state index in [-0.39, 0.29) is 12.2 Å². The van der Waals surface area contributed by atoms with Gasteiger partial charge in [0.05, 0.1) is 17.8 Å². The molecule has 0 atom stereocenters. The van der Waals surface area contributed by atoms with E-state index in [9.17, 15) is 13.2 Å². The Kier molecular flexibility index (Phi) is 2.80. The van der Waals surface area contributed by atoms with Crippen molar-refractivity contribution in [3.63, 3.8) is 0 Å². The van der Waals surface area contributed by atoms with Crippen molar-refractivity contribution >= 4 is 0 Å². The van der Waals surface area contributed by atoms with E-state index in [2.05, 4.69) is 15.5 Å². The Morgan fingerprint density at radius 2 is 2.06 bits per heavy atom. The number of nitrogens with two attached hydrogens (primary N) is 1. The van der Waals surface area contributed by atoms with Gasteiger partial charge in [0, 0.05) is 0 Å². The first kappa shape index (κ1) is 11.5. The van der Waals surface area contributed by atoms with Crippen LogP contribution in [0.4, 0.5) is 13.2 Å². The number of halogens is 3. The summed E-state index contributed by atoms with van der Waals surface area (Å²) in [4.78, 5) is 0. The van der Waals surface area contributed by atoms with Crippen LogP contribution in [0.15, 0.2) is 24.3 Å². The van der Waals surface area contributed by atoms with Crippen molar-refractivity contribution in [1.29, 1.82) is 0 Å².